The van der Waals surface area contributed by atoms with Gasteiger partial charge in [0.25, 0.3) is 0 Å². The SMILES string of the molecule is CC(=O)c1ccc(N2CCN(S(=O)(=O)c3c(C)nn(-c4ccc(Cl)cc4)c3C)CC2)cc1. The number of benzene rings is 2. The number of Topliss-reactive ketones (excluding diaryl/α,β-unsaturated/α-hetero) is 1. The van der Waals surface area contributed by atoms with Gasteiger partial charge in [-0.15, -0.1) is 0 Å². The number of piperazine rings is 1. The number of nitrogens with zero attached hydrogens (tertiary/aromatic N) is 4. The fraction of sp³-hybridized carbons (Fsp3) is 0.304. The van der Waals surface area contributed by atoms with Gasteiger partial charge in [0.15, 0.2) is 5.78 Å². The Bertz CT molecular complexity index is 1240. The van der Waals surface area contributed by atoms with E-state index >= 15 is 0 Å². The molecule has 0 bridgehead atoms. The molecule has 0 atom stereocenters. The average Bonchev–Trinajstić information content (AvgIpc) is 3.09. The Kier molecular flexibility index (Phi) is 6.11. The highest BCUT2D eigenvalue weighted by Gasteiger charge is 2.33. The smallest absolute Gasteiger partial charge is 0.246 e. The molecule has 1 aromatic heterocycles. The van der Waals surface area contributed by atoms with Crippen LogP contribution in [0.2, 0.25) is 5.02 Å². The Labute approximate surface area is 193 Å². The van der Waals surface area contributed by atoms with Crippen LogP contribution >= 0.6 is 11.6 Å². The molecular formula is C23H25ClN4O3S. The maximum absolute atomic E-state index is 13.5. The lowest BCUT2D eigenvalue weighted by molar-refractivity contribution is 0.101. The highest BCUT2D eigenvalue weighted by Crippen LogP contribution is 2.28. The molecule has 0 radical (unpaired) electrons. The quantitative estimate of drug-likeness (QED) is 0.527. The monoisotopic (exact) mass is 472 g/mol. The Hall–Kier alpha value is -2.68. The van der Waals surface area contributed by atoms with Gasteiger partial charge in [-0.1, -0.05) is 11.6 Å². The number of hydrogen-bond acceptors (Lipinski definition) is 5. The molecule has 1 saturated heterocycles. The number of carbonyl (C=O) groups is 1. The minimum Gasteiger partial charge on any atom is -0.369 e. The van der Waals surface area contributed by atoms with Crippen LogP contribution in [0, 0.1) is 13.8 Å². The van der Waals surface area contributed by atoms with Crippen LogP contribution in [0.5, 0.6) is 0 Å². The lowest BCUT2D eigenvalue weighted by Gasteiger charge is -2.35. The van der Waals surface area contributed by atoms with Crippen LogP contribution < -0.4 is 4.90 Å². The zero-order valence-corrected chi connectivity index (χ0v) is 19.8. The Morgan fingerprint density at radius 2 is 1.47 bits per heavy atom. The van der Waals surface area contributed by atoms with Crippen LogP contribution in [-0.2, 0) is 10.0 Å². The van der Waals surface area contributed by atoms with Crippen LogP contribution in [0.1, 0.15) is 28.7 Å². The standard InChI is InChI=1S/C23H25ClN4O3S/c1-16-23(17(2)28(25-16)22-10-6-20(24)7-11-22)32(30,31)27-14-12-26(13-15-27)21-8-4-19(5-9-21)18(3)29/h4-11H,12-15H2,1-3H3. The average molecular weight is 473 g/mol. The molecule has 1 aliphatic rings. The zero-order valence-electron chi connectivity index (χ0n) is 18.2. The van der Waals surface area contributed by atoms with Crippen molar-refractivity contribution in [3.63, 3.8) is 0 Å². The fourth-order valence-corrected chi connectivity index (χ4v) is 5.96. The number of carbonyl (C=O) groups excluding carboxylic acids is 1. The van der Waals surface area contributed by atoms with Crippen LogP contribution in [-0.4, -0.2) is 54.5 Å². The molecule has 0 saturated carbocycles. The van der Waals surface area contributed by atoms with Gasteiger partial charge in [0.1, 0.15) is 4.90 Å². The lowest BCUT2D eigenvalue weighted by atomic mass is 10.1. The summed E-state index contributed by atoms with van der Waals surface area (Å²) in [6.07, 6.45) is 0. The number of rotatable bonds is 5. The second-order valence-electron chi connectivity index (χ2n) is 7.88. The first-order valence-corrected chi connectivity index (χ1v) is 12.2. The largest absolute Gasteiger partial charge is 0.369 e. The molecule has 0 aliphatic carbocycles. The molecule has 0 amide bonds. The molecule has 2 heterocycles. The van der Waals surface area contributed by atoms with E-state index < -0.39 is 10.0 Å². The van der Waals surface area contributed by atoms with E-state index in [1.807, 2.05) is 24.3 Å². The van der Waals surface area contributed by atoms with Crippen molar-refractivity contribution >= 4 is 33.1 Å². The molecule has 1 aliphatic heterocycles. The van der Waals surface area contributed by atoms with Gasteiger partial charge in [-0.2, -0.15) is 9.40 Å². The van der Waals surface area contributed by atoms with Gasteiger partial charge in [-0.25, -0.2) is 13.1 Å². The highest BCUT2D eigenvalue weighted by atomic mass is 35.5. The van der Waals surface area contributed by atoms with Gasteiger partial charge in [-0.05, 0) is 69.3 Å². The summed E-state index contributed by atoms with van der Waals surface area (Å²) in [5.74, 6) is 0.0253. The van der Waals surface area contributed by atoms with E-state index in [-0.39, 0.29) is 10.7 Å². The molecule has 0 spiro atoms. The molecule has 3 aromatic rings. The van der Waals surface area contributed by atoms with Crippen LogP contribution in [0.25, 0.3) is 5.69 Å². The van der Waals surface area contributed by atoms with Crippen molar-refractivity contribution in [2.45, 2.75) is 25.7 Å². The molecule has 168 valence electrons. The third-order valence-corrected chi connectivity index (χ3v) is 8.18. The molecule has 0 unspecified atom stereocenters. The van der Waals surface area contributed by atoms with E-state index in [1.54, 1.807) is 42.8 Å². The van der Waals surface area contributed by atoms with Crippen molar-refractivity contribution in [2.75, 3.05) is 31.1 Å². The van der Waals surface area contributed by atoms with Crippen molar-refractivity contribution < 1.29 is 13.2 Å². The predicted octanol–water partition coefficient (Wildman–Crippen LogP) is 3.86. The Morgan fingerprint density at radius 3 is 2.03 bits per heavy atom. The minimum absolute atomic E-state index is 0.0253. The zero-order chi connectivity index (χ0) is 23.0. The maximum Gasteiger partial charge on any atom is 0.246 e. The van der Waals surface area contributed by atoms with Gasteiger partial charge in [-0.3, -0.25) is 4.79 Å². The number of hydrogen-bond donors (Lipinski definition) is 0. The summed E-state index contributed by atoms with van der Waals surface area (Å²) in [6, 6.07) is 14.6. The van der Waals surface area contributed by atoms with E-state index in [1.165, 1.54) is 11.2 Å². The van der Waals surface area contributed by atoms with E-state index in [9.17, 15) is 13.2 Å². The van der Waals surface area contributed by atoms with Crippen molar-refractivity contribution in [1.29, 1.82) is 0 Å². The first-order chi connectivity index (χ1) is 15.2. The number of halogens is 1. The minimum atomic E-state index is -3.69. The van der Waals surface area contributed by atoms with Crippen molar-refractivity contribution in [3.05, 3.63) is 70.5 Å². The Balaban J connectivity index is 1.54. The molecule has 32 heavy (non-hydrogen) atoms. The molecule has 0 N–H and O–H groups in total. The molecular weight excluding hydrogens is 448 g/mol. The summed E-state index contributed by atoms with van der Waals surface area (Å²) in [4.78, 5) is 13.9. The topological polar surface area (TPSA) is 75.5 Å². The van der Waals surface area contributed by atoms with Crippen LogP contribution in [0.3, 0.4) is 0 Å². The van der Waals surface area contributed by atoms with Gasteiger partial charge >= 0.3 is 0 Å². The second kappa shape index (κ2) is 8.69. The number of aromatic nitrogens is 2. The van der Waals surface area contributed by atoms with E-state index in [2.05, 4.69) is 10.00 Å². The number of sulfonamides is 1. The molecule has 4 rings (SSSR count). The Morgan fingerprint density at radius 1 is 0.906 bits per heavy atom. The summed E-state index contributed by atoms with van der Waals surface area (Å²) in [5, 5.41) is 5.09. The summed E-state index contributed by atoms with van der Waals surface area (Å²) >= 11 is 5.98. The van der Waals surface area contributed by atoms with E-state index in [0.717, 1.165) is 11.4 Å². The maximum atomic E-state index is 13.5. The number of anilines is 1. The molecule has 1 fully saturated rings. The van der Waals surface area contributed by atoms with E-state index in [4.69, 9.17) is 11.6 Å². The third kappa shape index (κ3) is 4.18. The van der Waals surface area contributed by atoms with E-state index in [0.29, 0.717) is 48.2 Å². The van der Waals surface area contributed by atoms with Crippen molar-refractivity contribution in [3.8, 4) is 5.69 Å². The number of ketones is 1. The normalized spacial score (nSPS) is 15.2. The first kappa shape index (κ1) is 22.5. The fourth-order valence-electron chi connectivity index (χ4n) is 4.06. The molecule has 2 aromatic carbocycles. The van der Waals surface area contributed by atoms with Gasteiger partial charge in [0.05, 0.1) is 17.1 Å². The summed E-state index contributed by atoms with van der Waals surface area (Å²) in [6.45, 7) is 6.93. The second-order valence-corrected chi connectivity index (χ2v) is 10.2. The summed E-state index contributed by atoms with van der Waals surface area (Å²) in [5.41, 5.74) is 3.45. The number of aryl methyl sites for hydroxylation is 1. The summed E-state index contributed by atoms with van der Waals surface area (Å²) in [7, 11) is -3.69. The highest BCUT2D eigenvalue weighted by molar-refractivity contribution is 7.89. The first-order valence-electron chi connectivity index (χ1n) is 10.4. The van der Waals surface area contributed by atoms with Crippen LogP contribution in [0.15, 0.2) is 53.4 Å². The third-order valence-electron chi connectivity index (χ3n) is 5.77. The lowest BCUT2D eigenvalue weighted by Crippen LogP contribution is -2.48. The van der Waals surface area contributed by atoms with Gasteiger partial charge in [0, 0.05) is 42.5 Å². The molecule has 9 heteroatoms. The van der Waals surface area contributed by atoms with Crippen LogP contribution in [0.4, 0.5) is 5.69 Å². The molecule has 7 nitrogen and oxygen atoms in total. The predicted molar refractivity (Wildman–Crippen MR) is 125 cm³/mol. The summed E-state index contributed by atoms with van der Waals surface area (Å²) < 4.78 is 30.1. The van der Waals surface area contributed by atoms with Gasteiger partial charge < -0.3 is 4.90 Å². The van der Waals surface area contributed by atoms with Crippen molar-refractivity contribution in [2.24, 2.45) is 0 Å². The van der Waals surface area contributed by atoms with Crippen molar-refractivity contribution in [1.82, 2.24) is 14.1 Å². The van der Waals surface area contributed by atoms with Gasteiger partial charge in [0.2, 0.25) is 10.0 Å².